The maximum atomic E-state index is 13.3. The van der Waals surface area contributed by atoms with Crippen LogP contribution in [0, 0.1) is 6.57 Å². The average Bonchev–Trinajstić information content (AvgIpc) is 3.53. The number of carbonyl (C=O) groups excluding carboxylic acids is 1. The highest BCUT2D eigenvalue weighted by Crippen LogP contribution is 2.37. The first-order chi connectivity index (χ1) is 20.7. The molecule has 1 spiro atoms. The number of hydrogen-bond acceptors (Lipinski definition) is 6. The largest absolute Gasteiger partial charge is 0.417 e. The smallest absolute Gasteiger partial charge is 0.361 e. The van der Waals surface area contributed by atoms with Gasteiger partial charge < -0.3 is 29.0 Å². The van der Waals surface area contributed by atoms with Crippen molar-refractivity contribution in [1.82, 2.24) is 24.0 Å². The van der Waals surface area contributed by atoms with Crippen LogP contribution in [0.4, 0.5) is 35.2 Å². The van der Waals surface area contributed by atoms with Gasteiger partial charge in [0, 0.05) is 53.8 Å². The molecule has 0 radical (unpaired) electrons. The Bertz CT molecular complexity index is 1690. The lowest BCUT2D eigenvalue weighted by molar-refractivity contribution is -0.138. The van der Waals surface area contributed by atoms with E-state index in [0.29, 0.717) is 67.5 Å². The number of anilines is 2. The molecule has 15 heteroatoms. The average molecular weight is 629 g/mol. The lowest BCUT2D eigenvalue weighted by atomic mass is 9.87. The summed E-state index contributed by atoms with van der Waals surface area (Å²) in [6.45, 7) is 16.7. The van der Waals surface area contributed by atoms with Crippen molar-refractivity contribution in [3.8, 4) is 0 Å². The minimum atomic E-state index is -4.67. The Hall–Kier alpha value is -4.16. The third-order valence-electron chi connectivity index (χ3n) is 8.08. The van der Waals surface area contributed by atoms with Crippen molar-refractivity contribution in [2.45, 2.75) is 57.0 Å². The number of ether oxygens (including phenoxy) is 1. The summed E-state index contributed by atoms with van der Waals surface area (Å²) in [5.74, 6) is 0.611. The molecule has 44 heavy (non-hydrogen) atoms. The zero-order valence-corrected chi connectivity index (χ0v) is 26.1. The lowest BCUT2D eigenvalue weighted by Crippen LogP contribution is -2.55. The molecule has 5 heterocycles. The Morgan fingerprint density at radius 3 is 2.61 bits per heavy atom. The number of rotatable bonds is 7. The number of nitrogens with one attached hydrogen (secondary N) is 1. The summed E-state index contributed by atoms with van der Waals surface area (Å²) in [6, 6.07) is 1.06. The summed E-state index contributed by atoms with van der Waals surface area (Å²) in [5.41, 5.74) is -1.40. The number of aryl methyl sites for hydroxylation is 1. The van der Waals surface area contributed by atoms with Crippen LogP contribution in [-0.2, 0) is 24.7 Å². The Kier molecular flexibility index (Phi) is 8.34. The van der Waals surface area contributed by atoms with Gasteiger partial charge in [0.1, 0.15) is 29.4 Å². The molecule has 5 rings (SSSR count). The maximum Gasteiger partial charge on any atom is 0.417 e. The number of piperidine rings is 1. The zero-order valence-electron chi connectivity index (χ0n) is 25.1. The molecule has 0 aromatic carbocycles. The van der Waals surface area contributed by atoms with Crippen molar-refractivity contribution in [2.75, 3.05) is 36.5 Å². The minimum Gasteiger partial charge on any atom is -0.361 e. The van der Waals surface area contributed by atoms with E-state index in [1.54, 1.807) is 21.9 Å². The SMILES string of the molecule is [C-]#[N+]c1cn(COCC[Si](C)(C)C)c2ncc(N3CCC4(C=CCN4C(=O)Nc4cc(C(F)(F)F)cn(C)c4=O)CC3)nc12. The molecule has 2 aliphatic heterocycles. The number of urea groups is 1. The van der Waals surface area contributed by atoms with Gasteiger partial charge in [0.05, 0.1) is 23.9 Å². The number of halogens is 3. The molecular formula is C29H35F3N8O3Si. The Balaban J connectivity index is 1.28. The number of amides is 2. The van der Waals surface area contributed by atoms with Crippen LogP contribution in [0.5, 0.6) is 0 Å². The molecule has 3 aromatic rings. The summed E-state index contributed by atoms with van der Waals surface area (Å²) in [6.07, 6.45) is 4.26. The number of aromatic nitrogens is 4. The van der Waals surface area contributed by atoms with E-state index in [1.807, 2.05) is 17.1 Å². The van der Waals surface area contributed by atoms with Crippen LogP contribution in [0.3, 0.4) is 0 Å². The molecule has 11 nitrogen and oxygen atoms in total. The molecule has 2 amide bonds. The highest BCUT2D eigenvalue weighted by atomic mass is 28.3. The third kappa shape index (κ3) is 6.36. The summed E-state index contributed by atoms with van der Waals surface area (Å²) in [7, 11) is -0.0178. The van der Waals surface area contributed by atoms with Crippen molar-refractivity contribution in [1.29, 1.82) is 0 Å². The number of nitrogens with zero attached hydrogens (tertiary/aromatic N) is 7. The van der Waals surface area contributed by atoms with Crippen LogP contribution >= 0.6 is 0 Å². The van der Waals surface area contributed by atoms with Gasteiger partial charge in [0.2, 0.25) is 5.69 Å². The standard InChI is InChI=1S/C29H35F3N8O3Si/c1-33-22-18-39(19-43-13-14-44(3,4)5)25-24(22)36-23(16-34-25)38-11-8-28(9-12-38)7-6-10-40(28)27(42)35-21-15-20(29(30,31)32)17-37(2)26(21)41/h6-7,15-18H,8-14,19H2,2-5H3,(H,35,42). The molecule has 0 atom stereocenters. The summed E-state index contributed by atoms with van der Waals surface area (Å²) >= 11 is 0. The molecule has 1 fully saturated rings. The number of alkyl halides is 3. The normalized spacial score (nSPS) is 16.6. The van der Waals surface area contributed by atoms with Crippen molar-refractivity contribution >= 4 is 42.5 Å². The van der Waals surface area contributed by atoms with E-state index < -0.39 is 42.6 Å². The van der Waals surface area contributed by atoms with E-state index in [9.17, 15) is 22.8 Å². The predicted octanol–water partition coefficient (Wildman–Crippen LogP) is 5.45. The lowest BCUT2D eigenvalue weighted by Gasteiger charge is -2.44. The highest BCUT2D eigenvalue weighted by Gasteiger charge is 2.43. The Morgan fingerprint density at radius 2 is 1.95 bits per heavy atom. The number of fused-ring (bicyclic) bond motifs is 1. The Morgan fingerprint density at radius 1 is 1.23 bits per heavy atom. The Labute approximate surface area is 253 Å². The van der Waals surface area contributed by atoms with Gasteiger partial charge in [-0.3, -0.25) is 4.79 Å². The number of hydrogen-bond donors (Lipinski definition) is 1. The molecule has 0 unspecified atom stereocenters. The fraction of sp³-hybridized carbons (Fsp3) is 0.483. The van der Waals surface area contributed by atoms with Crippen molar-refractivity contribution in [2.24, 2.45) is 7.05 Å². The van der Waals surface area contributed by atoms with E-state index in [1.165, 1.54) is 7.05 Å². The molecule has 2 aliphatic rings. The molecule has 1 N–H and O–H groups in total. The summed E-state index contributed by atoms with van der Waals surface area (Å²) in [4.78, 5) is 42.4. The first-order valence-electron chi connectivity index (χ1n) is 14.3. The third-order valence-corrected chi connectivity index (χ3v) is 9.79. The first kappa shape index (κ1) is 31.3. The van der Waals surface area contributed by atoms with Gasteiger partial charge in [-0.1, -0.05) is 31.8 Å². The fourth-order valence-corrected chi connectivity index (χ4v) is 6.29. The topological polar surface area (TPSA) is 102 Å². The van der Waals surface area contributed by atoms with Crippen LogP contribution in [0.15, 0.2) is 41.6 Å². The number of carbonyl (C=O) groups is 1. The fourth-order valence-electron chi connectivity index (χ4n) is 5.53. The van der Waals surface area contributed by atoms with E-state index in [-0.39, 0.29) is 13.3 Å². The van der Waals surface area contributed by atoms with E-state index in [4.69, 9.17) is 16.3 Å². The van der Waals surface area contributed by atoms with E-state index >= 15 is 0 Å². The van der Waals surface area contributed by atoms with Gasteiger partial charge in [-0.25, -0.2) is 19.6 Å². The number of pyridine rings is 1. The molecule has 1 saturated heterocycles. The molecule has 0 bridgehead atoms. The second-order valence-electron chi connectivity index (χ2n) is 12.4. The first-order valence-corrected chi connectivity index (χ1v) is 18.0. The molecule has 0 saturated carbocycles. The quantitative estimate of drug-likeness (QED) is 0.162. The predicted molar refractivity (Wildman–Crippen MR) is 164 cm³/mol. The van der Waals surface area contributed by atoms with Crippen LogP contribution in [-0.4, -0.2) is 69.9 Å². The molecular weight excluding hydrogens is 593 g/mol. The maximum absolute atomic E-state index is 13.3. The molecule has 3 aromatic heterocycles. The van der Waals surface area contributed by atoms with Gasteiger partial charge >= 0.3 is 12.2 Å². The highest BCUT2D eigenvalue weighted by molar-refractivity contribution is 6.76. The zero-order chi connectivity index (χ0) is 31.9. The van der Waals surface area contributed by atoms with Gasteiger partial charge in [0.15, 0.2) is 0 Å². The van der Waals surface area contributed by atoms with E-state index in [0.717, 1.165) is 10.6 Å². The minimum absolute atomic E-state index is 0.263. The van der Waals surface area contributed by atoms with Crippen LogP contribution in [0.25, 0.3) is 16.0 Å². The monoisotopic (exact) mass is 628 g/mol. The van der Waals surface area contributed by atoms with E-state index in [2.05, 4.69) is 34.8 Å². The molecule has 0 aliphatic carbocycles. The van der Waals surface area contributed by atoms with Gasteiger partial charge in [-0.2, -0.15) is 13.2 Å². The van der Waals surface area contributed by atoms with Gasteiger partial charge in [0.25, 0.3) is 5.56 Å². The second kappa shape index (κ2) is 11.7. The van der Waals surface area contributed by atoms with Crippen molar-refractivity contribution < 1.29 is 22.7 Å². The summed E-state index contributed by atoms with van der Waals surface area (Å²) < 4.78 is 48.4. The summed E-state index contributed by atoms with van der Waals surface area (Å²) in [5, 5.41) is 2.42. The second-order valence-corrected chi connectivity index (χ2v) is 18.1. The van der Waals surface area contributed by atoms with Crippen LogP contribution in [0.2, 0.25) is 25.7 Å². The molecule has 234 valence electrons. The van der Waals surface area contributed by atoms with Crippen molar-refractivity contribution in [3.05, 3.63) is 64.1 Å². The van der Waals surface area contributed by atoms with Gasteiger partial charge in [-0.15, -0.1) is 0 Å². The van der Waals surface area contributed by atoms with Crippen molar-refractivity contribution in [3.63, 3.8) is 0 Å². The van der Waals surface area contributed by atoms with Gasteiger partial charge in [-0.05, 0) is 25.0 Å². The van der Waals surface area contributed by atoms with Crippen LogP contribution in [0.1, 0.15) is 18.4 Å². The van der Waals surface area contributed by atoms with Crippen LogP contribution < -0.4 is 15.8 Å².